The zero-order valence-electron chi connectivity index (χ0n) is 15.3. The topological polar surface area (TPSA) is 77.7 Å². The minimum absolute atomic E-state index is 0. The number of fused-ring (bicyclic) bond motifs is 1. The molecular formula is C20H24ClN3O3. The molecule has 1 aromatic heterocycles. The fraction of sp³-hybridized carbons (Fsp3) is 0.250. The Morgan fingerprint density at radius 2 is 1.74 bits per heavy atom. The van der Waals surface area contributed by atoms with Crippen molar-refractivity contribution >= 4 is 29.2 Å². The molecule has 0 saturated heterocycles. The number of amides is 1. The predicted octanol–water partition coefficient (Wildman–Crippen LogP) is 2.41. The van der Waals surface area contributed by atoms with E-state index in [2.05, 4.69) is 5.32 Å². The molecule has 3 N–H and O–H groups in total. The highest BCUT2D eigenvalue weighted by Gasteiger charge is 2.23. The summed E-state index contributed by atoms with van der Waals surface area (Å²) >= 11 is 0. The number of hydrogen-bond donors (Lipinski definition) is 3. The van der Waals surface area contributed by atoms with Crippen LogP contribution in [0.2, 0.25) is 0 Å². The van der Waals surface area contributed by atoms with Crippen molar-refractivity contribution in [2.45, 2.75) is 6.10 Å². The number of para-hydroxylation sites is 2. The van der Waals surface area contributed by atoms with Gasteiger partial charge in [-0.25, -0.2) is 0 Å². The van der Waals surface area contributed by atoms with E-state index in [9.17, 15) is 15.0 Å². The van der Waals surface area contributed by atoms with Crippen LogP contribution < -0.4 is 5.32 Å². The van der Waals surface area contributed by atoms with Crippen LogP contribution in [0.15, 0.2) is 54.6 Å². The van der Waals surface area contributed by atoms with E-state index in [1.165, 1.54) is 0 Å². The monoisotopic (exact) mass is 389 g/mol. The highest BCUT2D eigenvalue weighted by molar-refractivity contribution is 6.05. The molecule has 0 fully saturated rings. The molecule has 0 aliphatic carbocycles. The molecule has 6 nitrogen and oxygen atoms in total. The first kappa shape index (κ1) is 20.8. The number of aliphatic hydroxyl groups is 1. The van der Waals surface area contributed by atoms with Gasteiger partial charge in [0.15, 0.2) is 11.4 Å². The van der Waals surface area contributed by atoms with Crippen LogP contribution >= 0.6 is 12.4 Å². The Morgan fingerprint density at radius 1 is 1.11 bits per heavy atom. The molecule has 3 aromatic rings. The van der Waals surface area contributed by atoms with Crippen LogP contribution in [-0.2, 0) is 0 Å². The smallest absolute Gasteiger partial charge is 0.272 e. The van der Waals surface area contributed by atoms with Crippen LogP contribution in [0, 0.1) is 0 Å². The SMILES string of the molecule is CN(C)CC(O)CNC(=O)c1c(O)c2ccccc2n1-c1ccccc1.Cl. The number of aromatic hydroxyl groups is 1. The normalized spacial score (nSPS) is 12.0. The summed E-state index contributed by atoms with van der Waals surface area (Å²) in [5.41, 5.74) is 1.69. The molecule has 0 bridgehead atoms. The van der Waals surface area contributed by atoms with Gasteiger partial charge in [0.1, 0.15) is 0 Å². The van der Waals surface area contributed by atoms with Gasteiger partial charge in [-0.15, -0.1) is 12.4 Å². The van der Waals surface area contributed by atoms with E-state index in [0.717, 1.165) is 11.2 Å². The van der Waals surface area contributed by atoms with Gasteiger partial charge >= 0.3 is 0 Å². The summed E-state index contributed by atoms with van der Waals surface area (Å²) in [5.74, 6) is -0.496. The van der Waals surface area contributed by atoms with E-state index >= 15 is 0 Å². The van der Waals surface area contributed by atoms with Crippen molar-refractivity contribution in [2.24, 2.45) is 0 Å². The second kappa shape index (κ2) is 8.90. The van der Waals surface area contributed by atoms with Crippen molar-refractivity contribution in [1.29, 1.82) is 0 Å². The summed E-state index contributed by atoms with van der Waals surface area (Å²) in [6.45, 7) is 0.542. The number of benzene rings is 2. The van der Waals surface area contributed by atoms with Gasteiger partial charge in [-0.2, -0.15) is 0 Å². The fourth-order valence-corrected chi connectivity index (χ4v) is 3.06. The molecule has 1 unspecified atom stereocenters. The van der Waals surface area contributed by atoms with Crippen LogP contribution in [0.4, 0.5) is 0 Å². The van der Waals surface area contributed by atoms with Crippen LogP contribution in [0.5, 0.6) is 5.75 Å². The Balaban J connectivity index is 0.00000261. The highest BCUT2D eigenvalue weighted by atomic mass is 35.5. The lowest BCUT2D eigenvalue weighted by molar-refractivity contribution is 0.0883. The summed E-state index contributed by atoms with van der Waals surface area (Å²) in [6.07, 6.45) is -0.689. The van der Waals surface area contributed by atoms with Gasteiger partial charge in [0.2, 0.25) is 0 Å². The fourth-order valence-electron chi connectivity index (χ4n) is 3.06. The van der Waals surface area contributed by atoms with E-state index in [4.69, 9.17) is 0 Å². The molecule has 0 spiro atoms. The molecule has 144 valence electrons. The number of likely N-dealkylation sites (N-methyl/N-ethyl adjacent to an activating group) is 1. The molecule has 0 radical (unpaired) electrons. The number of nitrogens with zero attached hydrogens (tertiary/aromatic N) is 2. The maximum Gasteiger partial charge on any atom is 0.272 e. The zero-order chi connectivity index (χ0) is 18.7. The largest absolute Gasteiger partial charge is 0.505 e. The summed E-state index contributed by atoms with van der Waals surface area (Å²) in [5, 5.41) is 24.0. The lowest BCUT2D eigenvalue weighted by Gasteiger charge is -2.17. The molecule has 1 atom stereocenters. The minimum Gasteiger partial charge on any atom is -0.505 e. The molecular weight excluding hydrogens is 366 g/mol. The Labute approximate surface area is 164 Å². The van der Waals surface area contributed by atoms with Gasteiger partial charge in [0.25, 0.3) is 5.91 Å². The number of nitrogens with one attached hydrogen (secondary N) is 1. The number of rotatable bonds is 6. The van der Waals surface area contributed by atoms with Gasteiger partial charge in [-0.3, -0.25) is 4.79 Å². The minimum atomic E-state index is -0.689. The van der Waals surface area contributed by atoms with Crippen molar-refractivity contribution in [1.82, 2.24) is 14.8 Å². The molecule has 1 heterocycles. The molecule has 0 saturated carbocycles. The van der Waals surface area contributed by atoms with Crippen LogP contribution in [0.1, 0.15) is 10.5 Å². The third kappa shape index (κ3) is 4.42. The standard InChI is InChI=1S/C20H23N3O3.ClH/c1-22(2)13-15(24)12-21-20(26)18-19(25)16-10-6-7-11-17(16)23(18)14-8-4-3-5-9-14;/h3-11,15,24-25H,12-13H2,1-2H3,(H,21,26);1H. The lowest BCUT2D eigenvalue weighted by atomic mass is 10.2. The van der Waals surface area contributed by atoms with Crippen LogP contribution in [-0.4, -0.2) is 58.9 Å². The second-order valence-electron chi connectivity index (χ2n) is 6.51. The Bertz CT molecular complexity index is 909. The second-order valence-corrected chi connectivity index (χ2v) is 6.51. The number of aliphatic hydroxyl groups excluding tert-OH is 1. The molecule has 0 aliphatic heterocycles. The van der Waals surface area contributed by atoms with Gasteiger partial charge < -0.3 is 25.0 Å². The molecule has 27 heavy (non-hydrogen) atoms. The molecule has 2 aromatic carbocycles. The third-order valence-corrected chi connectivity index (χ3v) is 4.15. The number of carbonyl (C=O) groups is 1. The van der Waals surface area contributed by atoms with Crippen LogP contribution in [0.3, 0.4) is 0 Å². The maximum absolute atomic E-state index is 12.8. The number of hydrogen-bond acceptors (Lipinski definition) is 4. The third-order valence-electron chi connectivity index (χ3n) is 4.15. The predicted molar refractivity (Wildman–Crippen MR) is 109 cm³/mol. The maximum atomic E-state index is 12.8. The quantitative estimate of drug-likeness (QED) is 0.605. The van der Waals surface area contributed by atoms with E-state index in [0.29, 0.717) is 11.9 Å². The average Bonchev–Trinajstić information content (AvgIpc) is 2.93. The summed E-state index contributed by atoms with van der Waals surface area (Å²) in [6, 6.07) is 16.7. The molecule has 3 rings (SSSR count). The number of halogens is 1. The van der Waals surface area contributed by atoms with Gasteiger partial charge in [0.05, 0.1) is 11.6 Å². The summed E-state index contributed by atoms with van der Waals surface area (Å²) in [7, 11) is 3.70. The first-order valence-corrected chi connectivity index (χ1v) is 8.48. The summed E-state index contributed by atoms with van der Waals surface area (Å²) in [4.78, 5) is 14.6. The van der Waals surface area contributed by atoms with Gasteiger partial charge in [-0.1, -0.05) is 30.3 Å². The van der Waals surface area contributed by atoms with Crippen molar-refractivity contribution in [3.8, 4) is 11.4 Å². The highest BCUT2D eigenvalue weighted by Crippen LogP contribution is 2.34. The van der Waals surface area contributed by atoms with Crippen molar-refractivity contribution in [3.63, 3.8) is 0 Å². The Hall–Kier alpha value is -2.54. The molecule has 7 heteroatoms. The van der Waals surface area contributed by atoms with E-state index in [1.807, 2.05) is 67.5 Å². The number of carbonyl (C=O) groups excluding carboxylic acids is 1. The van der Waals surface area contributed by atoms with E-state index < -0.39 is 12.0 Å². The van der Waals surface area contributed by atoms with Crippen molar-refractivity contribution in [2.75, 3.05) is 27.2 Å². The molecule has 0 aliphatic rings. The van der Waals surface area contributed by atoms with E-state index in [-0.39, 0.29) is 30.4 Å². The average molecular weight is 390 g/mol. The zero-order valence-corrected chi connectivity index (χ0v) is 16.1. The van der Waals surface area contributed by atoms with Gasteiger partial charge in [-0.05, 0) is 38.4 Å². The Morgan fingerprint density at radius 3 is 2.41 bits per heavy atom. The lowest BCUT2D eigenvalue weighted by Crippen LogP contribution is -2.38. The van der Waals surface area contributed by atoms with Crippen LogP contribution in [0.25, 0.3) is 16.6 Å². The summed E-state index contributed by atoms with van der Waals surface area (Å²) < 4.78 is 1.73. The van der Waals surface area contributed by atoms with E-state index in [1.54, 1.807) is 10.6 Å². The number of aromatic nitrogens is 1. The Kier molecular flexibility index (Phi) is 6.85. The first-order valence-electron chi connectivity index (χ1n) is 8.48. The first-order chi connectivity index (χ1) is 12.5. The molecule has 1 amide bonds. The van der Waals surface area contributed by atoms with Crippen molar-refractivity contribution < 1.29 is 15.0 Å². The van der Waals surface area contributed by atoms with Crippen molar-refractivity contribution in [3.05, 3.63) is 60.3 Å². The van der Waals surface area contributed by atoms with Gasteiger partial charge in [0, 0.05) is 24.2 Å².